The molecule has 3 N–H and O–H groups in total. The first-order valence-electron chi connectivity index (χ1n) is 5.02. The number of nitrogens with zero attached hydrogens (tertiary/aromatic N) is 1. The van der Waals surface area contributed by atoms with Gasteiger partial charge in [-0.1, -0.05) is 0 Å². The van der Waals surface area contributed by atoms with Gasteiger partial charge in [0.1, 0.15) is 0 Å². The molecule has 0 bridgehead atoms. The Labute approximate surface area is 87.4 Å². The number of aromatic nitrogens is 2. The van der Waals surface area contributed by atoms with Crippen molar-refractivity contribution in [2.75, 3.05) is 18.5 Å². The Morgan fingerprint density at radius 3 is 3.33 bits per heavy atom. The number of aromatic amines is 1. The van der Waals surface area contributed by atoms with Crippen LogP contribution in [0.4, 0.5) is 10.6 Å². The van der Waals surface area contributed by atoms with Crippen LogP contribution in [0.5, 0.6) is 0 Å². The summed E-state index contributed by atoms with van der Waals surface area (Å²) in [5, 5.41) is 12.8. The van der Waals surface area contributed by atoms with Gasteiger partial charge < -0.3 is 10.1 Å². The predicted molar refractivity (Wildman–Crippen MR) is 54.6 cm³/mol. The van der Waals surface area contributed by atoms with Crippen molar-refractivity contribution in [3.8, 4) is 0 Å². The van der Waals surface area contributed by atoms with Gasteiger partial charge in [0.15, 0.2) is 5.82 Å². The minimum atomic E-state index is -0.453. The molecule has 0 unspecified atom stereocenters. The van der Waals surface area contributed by atoms with E-state index in [2.05, 4.69) is 20.8 Å². The lowest BCUT2D eigenvalue weighted by Crippen LogP contribution is -2.24. The molecule has 6 heteroatoms. The number of amides is 1. The first-order chi connectivity index (χ1) is 7.31. The van der Waals surface area contributed by atoms with Gasteiger partial charge >= 0.3 is 6.09 Å². The van der Waals surface area contributed by atoms with E-state index in [9.17, 15) is 4.79 Å². The number of carbonyl (C=O) groups is 1. The molecule has 0 atom stereocenters. The summed E-state index contributed by atoms with van der Waals surface area (Å²) in [6.07, 6.45) is 0.415. The van der Waals surface area contributed by atoms with Crippen molar-refractivity contribution >= 4 is 11.9 Å². The summed E-state index contributed by atoms with van der Waals surface area (Å²) >= 11 is 0. The molecule has 1 aliphatic rings. The van der Waals surface area contributed by atoms with Crippen molar-refractivity contribution < 1.29 is 9.53 Å². The Kier molecular flexibility index (Phi) is 2.86. The second-order valence-electron chi connectivity index (χ2n) is 3.30. The number of hydrogen-bond donors (Lipinski definition) is 3. The first-order valence-corrected chi connectivity index (χ1v) is 5.02. The van der Waals surface area contributed by atoms with Gasteiger partial charge in [-0.2, -0.15) is 5.10 Å². The zero-order valence-electron chi connectivity index (χ0n) is 8.59. The minimum Gasteiger partial charge on any atom is -0.450 e. The summed E-state index contributed by atoms with van der Waals surface area (Å²) < 4.78 is 4.79. The van der Waals surface area contributed by atoms with Crippen LogP contribution in [0, 0.1) is 0 Å². The predicted octanol–water partition coefficient (Wildman–Crippen LogP) is 0.624. The van der Waals surface area contributed by atoms with E-state index >= 15 is 0 Å². The molecule has 2 rings (SSSR count). The SMILES string of the molecule is CCOC(=O)Nc1n[nH]c2c1CCNC2. The molecule has 0 radical (unpaired) electrons. The molecular formula is C9H14N4O2. The highest BCUT2D eigenvalue weighted by Gasteiger charge is 2.17. The van der Waals surface area contributed by atoms with Crippen LogP contribution in [-0.2, 0) is 17.7 Å². The number of rotatable bonds is 2. The molecule has 2 heterocycles. The summed E-state index contributed by atoms with van der Waals surface area (Å²) in [6.45, 7) is 3.81. The second-order valence-corrected chi connectivity index (χ2v) is 3.30. The zero-order valence-corrected chi connectivity index (χ0v) is 8.59. The minimum absolute atomic E-state index is 0.361. The monoisotopic (exact) mass is 210 g/mol. The fourth-order valence-corrected chi connectivity index (χ4v) is 1.61. The maximum Gasteiger partial charge on any atom is 0.412 e. The average molecular weight is 210 g/mol. The van der Waals surface area contributed by atoms with Crippen LogP contribution in [0.3, 0.4) is 0 Å². The molecule has 0 spiro atoms. The zero-order chi connectivity index (χ0) is 10.7. The fourth-order valence-electron chi connectivity index (χ4n) is 1.61. The third-order valence-corrected chi connectivity index (χ3v) is 2.30. The Bertz CT molecular complexity index is 361. The maximum absolute atomic E-state index is 11.2. The third kappa shape index (κ3) is 2.10. The number of nitrogens with one attached hydrogen (secondary N) is 3. The van der Waals surface area contributed by atoms with Crippen LogP contribution in [0.1, 0.15) is 18.2 Å². The van der Waals surface area contributed by atoms with Crippen LogP contribution in [0.15, 0.2) is 0 Å². The van der Waals surface area contributed by atoms with Crippen molar-refractivity contribution in [3.05, 3.63) is 11.3 Å². The summed E-state index contributed by atoms with van der Waals surface area (Å²) in [6, 6.07) is 0. The Hall–Kier alpha value is -1.56. The van der Waals surface area contributed by atoms with Gasteiger partial charge in [0, 0.05) is 12.1 Å². The number of H-pyrrole nitrogens is 1. The fraction of sp³-hybridized carbons (Fsp3) is 0.556. The third-order valence-electron chi connectivity index (χ3n) is 2.30. The number of hydrogen-bond acceptors (Lipinski definition) is 4. The lowest BCUT2D eigenvalue weighted by atomic mass is 10.1. The van der Waals surface area contributed by atoms with E-state index in [0.717, 1.165) is 30.8 Å². The van der Waals surface area contributed by atoms with Crippen LogP contribution in [0.2, 0.25) is 0 Å². The topological polar surface area (TPSA) is 79.0 Å². The van der Waals surface area contributed by atoms with Crippen LogP contribution in [-0.4, -0.2) is 29.4 Å². The number of fused-ring (bicyclic) bond motifs is 1. The van der Waals surface area contributed by atoms with E-state index in [1.165, 1.54) is 0 Å². The van der Waals surface area contributed by atoms with Crippen LogP contribution in [0.25, 0.3) is 0 Å². The number of anilines is 1. The molecule has 1 aliphatic heterocycles. The molecule has 0 aromatic carbocycles. The molecule has 1 aromatic rings. The lowest BCUT2D eigenvalue weighted by Gasteiger charge is -2.12. The molecule has 0 saturated heterocycles. The van der Waals surface area contributed by atoms with Gasteiger partial charge in [0.2, 0.25) is 0 Å². The quantitative estimate of drug-likeness (QED) is 0.668. The first kappa shape index (κ1) is 9.97. The molecule has 1 aromatic heterocycles. The summed E-state index contributed by atoms with van der Waals surface area (Å²) in [5.41, 5.74) is 2.11. The van der Waals surface area contributed by atoms with E-state index in [0.29, 0.717) is 12.4 Å². The van der Waals surface area contributed by atoms with Crippen molar-refractivity contribution in [1.82, 2.24) is 15.5 Å². The van der Waals surface area contributed by atoms with E-state index in [4.69, 9.17) is 4.74 Å². The van der Waals surface area contributed by atoms with Crippen LogP contribution >= 0.6 is 0 Å². The van der Waals surface area contributed by atoms with Gasteiger partial charge in [-0.25, -0.2) is 4.79 Å². The normalized spacial score (nSPS) is 14.5. The molecule has 6 nitrogen and oxygen atoms in total. The van der Waals surface area contributed by atoms with E-state index in [1.807, 2.05) is 0 Å². The highest BCUT2D eigenvalue weighted by Crippen LogP contribution is 2.19. The molecular weight excluding hydrogens is 196 g/mol. The Morgan fingerprint density at radius 1 is 1.67 bits per heavy atom. The van der Waals surface area contributed by atoms with E-state index in [1.54, 1.807) is 6.92 Å². The van der Waals surface area contributed by atoms with Crippen molar-refractivity contribution in [2.24, 2.45) is 0 Å². The second kappa shape index (κ2) is 4.31. The number of carbonyl (C=O) groups excluding carboxylic acids is 1. The maximum atomic E-state index is 11.2. The summed E-state index contributed by atoms with van der Waals surface area (Å²) in [4.78, 5) is 11.2. The number of ether oxygens (including phenoxy) is 1. The standard InChI is InChI=1S/C9H14N4O2/c1-2-15-9(14)11-8-6-3-4-10-5-7(6)12-13-8/h10H,2-5H2,1H3,(H2,11,12,13,14). The molecule has 0 fully saturated rings. The summed E-state index contributed by atoms with van der Waals surface area (Å²) in [7, 11) is 0. The van der Waals surface area contributed by atoms with Gasteiger partial charge in [0.25, 0.3) is 0 Å². The molecule has 0 saturated carbocycles. The molecule has 0 aliphatic carbocycles. The van der Waals surface area contributed by atoms with Gasteiger partial charge in [-0.05, 0) is 19.9 Å². The smallest absolute Gasteiger partial charge is 0.412 e. The Balaban J connectivity index is 2.08. The molecule has 15 heavy (non-hydrogen) atoms. The largest absolute Gasteiger partial charge is 0.450 e. The lowest BCUT2D eigenvalue weighted by molar-refractivity contribution is 0.168. The summed E-state index contributed by atoms with van der Waals surface area (Å²) in [5.74, 6) is 0.588. The molecule has 82 valence electrons. The average Bonchev–Trinajstić information content (AvgIpc) is 2.62. The highest BCUT2D eigenvalue weighted by atomic mass is 16.5. The van der Waals surface area contributed by atoms with Gasteiger partial charge in [-0.3, -0.25) is 10.4 Å². The van der Waals surface area contributed by atoms with Gasteiger partial charge in [0.05, 0.1) is 12.3 Å². The van der Waals surface area contributed by atoms with E-state index < -0.39 is 6.09 Å². The Morgan fingerprint density at radius 2 is 2.53 bits per heavy atom. The van der Waals surface area contributed by atoms with Crippen LogP contribution < -0.4 is 10.6 Å². The highest BCUT2D eigenvalue weighted by molar-refractivity contribution is 5.84. The molecule has 1 amide bonds. The van der Waals surface area contributed by atoms with Crippen molar-refractivity contribution in [3.63, 3.8) is 0 Å². The van der Waals surface area contributed by atoms with E-state index in [-0.39, 0.29) is 0 Å². The van der Waals surface area contributed by atoms with Crippen molar-refractivity contribution in [1.29, 1.82) is 0 Å². The van der Waals surface area contributed by atoms with Crippen molar-refractivity contribution in [2.45, 2.75) is 19.9 Å². The van der Waals surface area contributed by atoms with Gasteiger partial charge in [-0.15, -0.1) is 0 Å².